The first kappa shape index (κ1) is 33.8. The minimum absolute atomic E-state index is 0. The minimum atomic E-state index is -0.132. The van der Waals surface area contributed by atoms with Crippen molar-refractivity contribution in [2.75, 3.05) is 16.8 Å². The van der Waals surface area contributed by atoms with E-state index in [-0.39, 0.29) is 25.5 Å². The van der Waals surface area contributed by atoms with Gasteiger partial charge in [-0.05, 0) is 65.4 Å². The molecule has 4 heterocycles. The number of nitrogens with zero attached hydrogens (tertiary/aromatic N) is 4. The summed E-state index contributed by atoms with van der Waals surface area (Å²) in [6.45, 7) is 15.8. The summed E-state index contributed by atoms with van der Waals surface area (Å²) in [5, 5.41) is 2.44. The summed E-state index contributed by atoms with van der Waals surface area (Å²) >= 11 is 0. The van der Waals surface area contributed by atoms with Crippen LogP contribution in [0.4, 0.5) is 17.1 Å². The molecule has 0 fully saturated rings. The Kier molecular flexibility index (Phi) is 8.74. The number of para-hydroxylation sites is 2. The fourth-order valence-electron chi connectivity index (χ4n) is 7.77. The molecule has 9 rings (SSSR count). The fourth-order valence-corrected chi connectivity index (χ4v) is 7.77. The number of benzene rings is 5. The van der Waals surface area contributed by atoms with Crippen LogP contribution in [-0.4, -0.2) is 16.6 Å². The molecule has 0 saturated heterocycles. The van der Waals surface area contributed by atoms with Crippen molar-refractivity contribution in [3.05, 3.63) is 144 Å². The van der Waals surface area contributed by atoms with Crippen molar-refractivity contribution in [1.29, 1.82) is 0 Å². The van der Waals surface area contributed by atoms with Crippen molar-refractivity contribution < 1.29 is 24.5 Å². The molecule has 0 amide bonds. The van der Waals surface area contributed by atoms with Crippen LogP contribution in [-0.2, 0) is 25.5 Å². The van der Waals surface area contributed by atoms with Crippen molar-refractivity contribution in [2.24, 2.45) is 0 Å². The summed E-state index contributed by atoms with van der Waals surface area (Å²) in [5.41, 5.74) is 13.1. The van der Waals surface area contributed by atoms with Gasteiger partial charge in [0.25, 0.3) is 0 Å². The Bertz CT molecular complexity index is 2310. The second-order valence-corrected chi connectivity index (χ2v) is 14.3. The fraction of sp³-hybridized carbons (Fsp3) is 0.227. The molecule has 0 spiro atoms. The van der Waals surface area contributed by atoms with Gasteiger partial charge in [0.1, 0.15) is 11.2 Å². The monoisotopic (exact) mass is 835 g/mol. The van der Waals surface area contributed by atoms with Gasteiger partial charge in [-0.2, -0.15) is 0 Å². The SMILES string of the molecule is CC(C)c1cccc(C(C)C)c1-n1ccnc1-c1[c-]cccc1.CN1[CH-]N2c3c1cccc3C(C)(C)c1cccc3oc4cccc2c4c13.[Ir]. The number of aromatic nitrogens is 2. The summed E-state index contributed by atoms with van der Waals surface area (Å²) in [4.78, 5) is 9.14. The Morgan fingerprint density at radius 2 is 1.36 bits per heavy atom. The van der Waals surface area contributed by atoms with E-state index in [9.17, 15) is 0 Å². The van der Waals surface area contributed by atoms with E-state index in [0.29, 0.717) is 11.8 Å². The largest absolute Gasteiger partial charge is 0.504 e. The van der Waals surface area contributed by atoms with E-state index < -0.39 is 0 Å². The molecule has 7 aromatic rings. The van der Waals surface area contributed by atoms with Gasteiger partial charge in [-0.3, -0.25) is 4.98 Å². The molecule has 50 heavy (non-hydrogen) atoms. The van der Waals surface area contributed by atoms with E-state index in [0.717, 1.165) is 22.6 Å². The zero-order valence-corrected chi connectivity index (χ0v) is 32.0. The van der Waals surface area contributed by atoms with Gasteiger partial charge in [-0.25, -0.2) is 0 Å². The molecule has 2 aromatic heterocycles. The molecule has 5 aromatic carbocycles. The Hall–Kier alpha value is -4.64. The quantitative estimate of drug-likeness (QED) is 0.166. The van der Waals surface area contributed by atoms with E-state index in [1.165, 1.54) is 55.8 Å². The van der Waals surface area contributed by atoms with Crippen molar-refractivity contribution in [3.63, 3.8) is 0 Å². The van der Waals surface area contributed by atoms with Crippen molar-refractivity contribution >= 4 is 39.0 Å². The summed E-state index contributed by atoms with van der Waals surface area (Å²) in [5.74, 6) is 1.86. The standard InChI is InChI=1S/C23H19N2O.C21H23N2.Ir/c1-23(2)14-7-5-11-18-20(14)21-16(9-6-12-19(21)26-18)25-13-24(3)17-10-4-8-15(23)22(17)25;1-15(2)18-11-8-12-19(16(3)4)20(18)23-14-13-22-21(23)17-9-6-5-7-10-17;/h4-13H,1-3H3;5-9,11-16H,1-4H3;/q2*-1;. The maximum absolute atomic E-state index is 6.24. The van der Waals surface area contributed by atoms with Gasteiger partial charge in [-0.1, -0.05) is 90.1 Å². The number of anilines is 3. The van der Waals surface area contributed by atoms with E-state index >= 15 is 0 Å². The number of imidazole rings is 1. The third-order valence-electron chi connectivity index (χ3n) is 10.2. The smallest absolute Gasteiger partial charge is 0.137 e. The zero-order chi connectivity index (χ0) is 34.0. The Balaban J connectivity index is 0.000000155. The average molecular weight is 835 g/mol. The van der Waals surface area contributed by atoms with Crippen LogP contribution >= 0.6 is 0 Å². The maximum Gasteiger partial charge on any atom is 0.137 e. The van der Waals surface area contributed by atoms with Crippen LogP contribution in [0.3, 0.4) is 0 Å². The number of rotatable bonds is 4. The average Bonchev–Trinajstić information content (AvgIpc) is 3.83. The van der Waals surface area contributed by atoms with E-state index in [1.807, 2.05) is 24.4 Å². The Labute approximate surface area is 308 Å². The maximum atomic E-state index is 6.24. The summed E-state index contributed by atoms with van der Waals surface area (Å²) in [7, 11) is 2.12. The zero-order valence-electron chi connectivity index (χ0n) is 29.7. The molecule has 0 unspecified atom stereocenters. The van der Waals surface area contributed by atoms with Crippen LogP contribution in [0.2, 0.25) is 0 Å². The Morgan fingerprint density at radius 3 is 2.06 bits per heavy atom. The second-order valence-electron chi connectivity index (χ2n) is 14.3. The van der Waals surface area contributed by atoms with Crippen LogP contribution in [0.5, 0.6) is 0 Å². The number of fused-ring (bicyclic) bond motifs is 1. The predicted molar refractivity (Wildman–Crippen MR) is 203 cm³/mol. The van der Waals surface area contributed by atoms with E-state index in [2.05, 4.69) is 166 Å². The van der Waals surface area contributed by atoms with Crippen LogP contribution in [0, 0.1) is 12.7 Å². The van der Waals surface area contributed by atoms with Crippen LogP contribution in [0.15, 0.2) is 114 Å². The molecule has 1 radical (unpaired) electrons. The molecule has 255 valence electrons. The summed E-state index contributed by atoms with van der Waals surface area (Å²) < 4.78 is 8.46. The van der Waals surface area contributed by atoms with Crippen LogP contribution in [0.1, 0.15) is 75.6 Å². The van der Waals surface area contributed by atoms with Gasteiger partial charge in [0, 0.05) is 71.4 Å². The van der Waals surface area contributed by atoms with Crippen LogP contribution < -0.4 is 9.80 Å². The third kappa shape index (κ3) is 5.28. The van der Waals surface area contributed by atoms with Gasteiger partial charge in [0.15, 0.2) is 0 Å². The third-order valence-corrected chi connectivity index (χ3v) is 10.2. The Morgan fingerprint density at radius 1 is 0.720 bits per heavy atom. The number of furan rings is 1. The molecule has 0 aliphatic carbocycles. The predicted octanol–water partition coefficient (Wildman–Crippen LogP) is 11.5. The van der Waals surface area contributed by atoms with Gasteiger partial charge in [-0.15, -0.1) is 42.6 Å². The minimum Gasteiger partial charge on any atom is -0.504 e. The molecule has 0 N–H and O–H groups in total. The normalized spacial score (nSPS) is 14.1. The molecule has 0 atom stereocenters. The van der Waals surface area contributed by atoms with Crippen LogP contribution in [0.25, 0.3) is 39.0 Å². The van der Waals surface area contributed by atoms with Gasteiger partial charge in [0.05, 0.1) is 5.82 Å². The topological polar surface area (TPSA) is 37.4 Å². The van der Waals surface area contributed by atoms with Crippen molar-refractivity contribution in [2.45, 2.75) is 58.8 Å². The molecular formula is C44H42IrN4O-2. The summed E-state index contributed by atoms with van der Waals surface area (Å²) in [6, 6.07) is 37.4. The number of hydrogen-bond donors (Lipinski definition) is 0. The molecule has 0 bridgehead atoms. The van der Waals surface area contributed by atoms with Gasteiger partial charge >= 0.3 is 0 Å². The first-order valence-electron chi connectivity index (χ1n) is 17.3. The van der Waals surface area contributed by atoms with Gasteiger partial charge in [0.2, 0.25) is 0 Å². The first-order valence-corrected chi connectivity index (χ1v) is 17.3. The first-order chi connectivity index (χ1) is 23.7. The second kappa shape index (κ2) is 12.9. The van der Waals surface area contributed by atoms with Gasteiger partial charge < -0.3 is 18.8 Å². The molecule has 6 heteroatoms. The van der Waals surface area contributed by atoms with Crippen molar-refractivity contribution in [1.82, 2.24) is 9.55 Å². The van der Waals surface area contributed by atoms with E-state index in [4.69, 9.17) is 4.42 Å². The molecule has 2 aliphatic rings. The van der Waals surface area contributed by atoms with Crippen molar-refractivity contribution in [3.8, 4) is 17.1 Å². The molecule has 5 nitrogen and oxygen atoms in total. The van der Waals surface area contributed by atoms with E-state index in [1.54, 1.807) is 0 Å². The molecular weight excluding hydrogens is 793 g/mol. The molecule has 0 saturated carbocycles. The molecule has 2 aliphatic heterocycles. The summed E-state index contributed by atoms with van der Waals surface area (Å²) in [6.07, 6.45) is 3.93. The number of hydrogen-bond acceptors (Lipinski definition) is 4.